The van der Waals surface area contributed by atoms with Crippen LogP contribution in [0.2, 0.25) is 0 Å². The number of alkyl halides is 1. The second-order valence-electron chi connectivity index (χ2n) is 4.56. The van der Waals surface area contributed by atoms with Crippen LogP contribution < -0.4 is 5.32 Å². The number of rotatable bonds is 5. The normalized spacial score (nSPS) is 11.4. The van der Waals surface area contributed by atoms with Crippen molar-refractivity contribution in [3.05, 3.63) is 35.1 Å². The fourth-order valence-electron chi connectivity index (χ4n) is 1.77. The summed E-state index contributed by atoms with van der Waals surface area (Å²) in [5.74, 6) is -0.589. The first-order valence-corrected chi connectivity index (χ1v) is 6.66. The zero-order valence-corrected chi connectivity index (χ0v) is 11.8. The van der Waals surface area contributed by atoms with Crippen LogP contribution in [0.25, 0.3) is 0 Å². The summed E-state index contributed by atoms with van der Waals surface area (Å²) < 4.78 is 13.6. The zero-order valence-electron chi connectivity index (χ0n) is 11.0. The lowest BCUT2D eigenvalue weighted by Gasteiger charge is -2.30. The fraction of sp³-hybridized carbons (Fsp3) is 0.500. The van der Waals surface area contributed by atoms with Gasteiger partial charge in [-0.1, -0.05) is 25.5 Å². The molecule has 1 amide bonds. The van der Waals surface area contributed by atoms with E-state index in [0.717, 1.165) is 5.56 Å². The van der Waals surface area contributed by atoms with Crippen LogP contribution >= 0.6 is 11.6 Å². The fourth-order valence-corrected chi connectivity index (χ4v) is 2.22. The molecule has 0 aliphatic rings. The molecule has 0 radical (unpaired) electrons. The van der Waals surface area contributed by atoms with E-state index in [0.29, 0.717) is 18.7 Å². The van der Waals surface area contributed by atoms with Crippen molar-refractivity contribution in [2.24, 2.45) is 0 Å². The van der Waals surface area contributed by atoms with Crippen molar-refractivity contribution >= 4 is 17.5 Å². The molecule has 0 fully saturated rings. The number of aryl methyl sites for hydroxylation is 1. The van der Waals surface area contributed by atoms with Gasteiger partial charge in [0.15, 0.2) is 0 Å². The highest BCUT2D eigenvalue weighted by Gasteiger charge is 2.28. The van der Waals surface area contributed by atoms with Crippen molar-refractivity contribution in [3.8, 4) is 0 Å². The number of carbonyl (C=O) groups is 1. The SMILES string of the molecule is CCC(CC)(CCl)NC(=O)c1cc(C)ccc1F. The van der Waals surface area contributed by atoms with Gasteiger partial charge in [0.2, 0.25) is 0 Å². The van der Waals surface area contributed by atoms with E-state index in [1.807, 2.05) is 20.8 Å². The molecule has 18 heavy (non-hydrogen) atoms. The van der Waals surface area contributed by atoms with E-state index >= 15 is 0 Å². The van der Waals surface area contributed by atoms with Gasteiger partial charge < -0.3 is 5.32 Å². The molecule has 4 heteroatoms. The van der Waals surface area contributed by atoms with E-state index in [-0.39, 0.29) is 5.56 Å². The van der Waals surface area contributed by atoms with Gasteiger partial charge in [-0.25, -0.2) is 4.39 Å². The molecule has 1 rings (SSSR count). The quantitative estimate of drug-likeness (QED) is 0.814. The van der Waals surface area contributed by atoms with Crippen LogP contribution in [-0.2, 0) is 0 Å². The molecule has 2 nitrogen and oxygen atoms in total. The molecular formula is C14H19ClFNO. The summed E-state index contributed by atoms with van der Waals surface area (Å²) in [7, 11) is 0. The highest BCUT2D eigenvalue weighted by atomic mass is 35.5. The van der Waals surface area contributed by atoms with Crippen molar-refractivity contribution in [2.45, 2.75) is 39.2 Å². The van der Waals surface area contributed by atoms with Gasteiger partial charge in [0.05, 0.1) is 11.1 Å². The van der Waals surface area contributed by atoms with Crippen LogP contribution in [0.15, 0.2) is 18.2 Å². The minimum Gasteiger partial charge on any atom is -0.345 e. The number of benzene rings is 1. The second-order valence-corrected chi connectivity index (χ2v) is 4.83. The summed E-state index contributed by atoms with van der Waals surface area (Å²) in [5.41, 5.74) is 0.465. The van der Waals surface area contributed by atoms with E-state index in [1.165, 1.54) is 6.07 Å². The average Bonchev–Trinajstić information content (AvgIpc) is 2.38. The largest absolute Gasteiger partial charge is 0.345 e. The van der Waals surface area contributed by atoms with Crippen molar-refractivity contribution in [2.75, 3.05) is 5.88 Å². The molecule has 0 atom stereocenters. The maximum atomic E-state index is 13.6. The number of hydrogen-bond donors (Lipinski definition) is 1. The van der Waals surface area contributed by atoms with Crippen LogP contribution in [0, 0.1) is 12.7 Å². The van der Waals surface area contributed by atoms with Gasteiger partial charge in [-0.05, 0) is 31.9 Å². The van der Waals surface area contributed by atoms with Gasteiger partial charge in [-0.2, -0.15) is 0 Å². The van der Waals surface area contributed by atoms with Crippen molar-refractivity contribution in [1.82, 2.24) is 5.32 Å². The van der Waals surface area contributed by atoms with E-state index in [4.69, 9.17) is 11.6 Å². The van der Waals surface area contributed by atoms with Gasteiger partial charge in [0.1, 0.15) is 5.82 Å². The average molecular weight is 272 g/mol. The van der Waals surface area contributed by atoms with E-state index in [1.54, 1.807) is 12.1 Å². The Kier molecular flexibility index (Phi) is 5.15. The lowest BCUT2D eigenvalue weighted by Crippen LogP contribution is -2.49. The lowest BCUT2D eigenvalue weighted by atomic mass is 9.94. The molecule has 1 aromatic carbocycles. The predicted molar refractivity (Wildman–Crippen MR) is 72.6 cm³/mol. The lowest BCUT2D eigenvalue weighted by molar-refractivity contribution is 0.0898. The van der Waals surface area contributed by atoms with Crippen LogP contribution in [0.1, 0.15) is 42.6 Å². The number of amides is 1. The molecule has 1 aromatic rings. The molecular weight excluding hydrogens is 253 g/mol. The second kappa shape index (κ2) is 6.19. The molecule has 0 aliphatic carbocycles. The molecule has 0 bridgehead atoms. The Morgan fingerprint density at radius 1 is 1.39 bits per heavy atom. The molecule has 0 saturated carbocycles. The summed E-state index contributed by atoms with van der Waals surface area (Å²) in [5, 5.41) is 2.85. The van der Waals surface area contributed by atoms with Gasteiger partial charge in [0, 0.05) is 5.88 Å². The minimum atomic E-state index is -0.506. The number of halogens is 2. The Morgan fingerprint density at radius 2 is 2.00 bits per heavy atom. The zero-order chi connectivity index (χ0) is 13.8. The van der Waals surface area contributed by atoms with E-state index in [2.05, 4.69) is 5.32 Å². The molecule has 0 aliphatic heterocycles. The summed E-state index contributed by atoms with van der Waals surface area (Å²) in [6.45, 7) is 5.74. The maximum absolute atomic E-state index is 13.6. The molecule has 0 spiro atoms. The molecule has 0 heterocycles. The van der Waals surface area contributed by atoms with Gasteiger partial charge in [-0.3, -0.25) is 4.79 Å². The minimum absolute atomic E-state index is 0.0754. The van der Waals surface area contributed by atoms with Crippen LogP contribution in [0.5, 0.6) is 0 Å². The molecule has 100 valence electrons. The molecule has 0 saturated heterocycles. The van der Waals surface area contributed by atoms with Crippen LogP contribution in [0.4, 0.5) is 4.39 Å². The van der Waals surface area contributed by atoms with Gasteiger partial charge in [0.25, 0.3) is 5.91 Å². The van der Waals surface area contributed by atoms with Crippen molar-refractivity contribution in [3.63, 3.8) is 0 Å². The van der Waals surface area contributed by atoms with Crippen LogP contribution in [0.3, 0.4) is 0 Å². The Morgan fingerprint density at radius 3 is 2.50 bits per heavy atom. The van der Waals surface area contributed by atoms with Crippen molar-refractivity contribution in [1.29, 1.82) is 0 Å². The number of hydrogen-bond acceptors (Lipinski definition) is 1. The number of carbonyl (C=O) groups excluding carboxylic acids is 1. The monoisotopic (exact) mass is 271 g/mol. The highest BCUT2D eigenvalue weighted by Crippen LogP contribution is 2.19. The smallest absolute Gasteiger partial charge is 0.254 e. The molecule has 0 unspecified atom stereocenters. The summed E-state index contributed by atoms with van der Waals surface area (Å²) in [6, 6.07) is 4.50. The Hall–Kier alpha value is -1.09. The third-order valence-electron chi connectivity index (χ3n) is 3.35. The summed E-state index contributed by atoms with van der Waals surface area (Å²) >= 11 is 5.92. The van der Waals surface area contributed by atoms with Gasteiger partial charge >= 0.3 is 0 Å². The first kappa shape index (κ1) is 15.0. The third kappa shape index (κ3) is 3.22. The Labute approximate surface area is 113 Å². The predicted octanol–water partition coefficient (Wildman–Crippen LogP) is 3.66. The Balaban J connectivity index is 2.97. The van der Waals surface area contributed by atoms with Gasteiger partial charge in [-0.15, -0.1) is 11.6 Å². The van der Waals surface area contributed by atoms with E-state index < -0.39 is 17.3 Å². The number of nitrogens with one attached hydrogen (secondary N) is 1. The summed E-state index contributed by atoms with van der Waals surface area (Å²) in [6.07, 6.45) is 1.43. The topological polar surface area (TPSA) is 29.1 Å². The first-order valence-electron chi connectivity index (χ1n) is 6.12. The van der Waals surface area contributed by atoms with Crippen molar-refractivity contribution < 1.29 is 9.18 Å². The standard InChI is InChI=1S/C14H19ClFNO/c1-4-14(5-2,9-15)17-13(18)11-8-10(3)6-7-12(11)16/h6-8H,4-5,9H2,1-3H3,(H,17,18). The first-order chi connectivity index (χ1) is 8.48. The van der Waals surface area contributed by atoms with E-state index in [9.17, 15) is 9.18 Å². The Bertz CT molecular complexity index is 422. The summed E-state index contributed by atoms with van der Waals surface area (Å²) in [4.78, 5) is 12.1. The molecule has 1 N–H and O–H groups in total. The maximum Gasteiger partial charge on any atom is 0.254 e. The molecule has 0 aromatic heterocycles. The van der Waals surface area contributed by atoms with Crippen LogP contribution in [-0.4, -0.2) is 17.3 Å². The highest BCUT2D eigenvalue weighted by molar-refractivity contribution is 6.19. The third-order valence-corrected chi connectivity index (χ3v) is 3.87.